The molecule has 0 unspecified atom stereocenters. The van der Waals surface area contributed by atoms with Crippen LogP contribution in [-0.4, -0.2) is 7.11 Å². The van der Waals surface area contributed by atoms with Gasteiger partial charge in [0.05, 0.1) is 24.0 Å². The molecular weight excluding hydrogens is 340 g/mol. The van der Waals surface area contributed by atoms with Crippen molar-refractivity contribution in [1.82, 2.24) is 0 Å². The van der Waals surface area contributed by atoms with Crippen molar-refractivity contribution in [2.75, 3.05) is 12.4 Å². The monoisotopic (exact) mass is 350 g/mol. The minimum absolute atomic E-state index is 0.558. The summed E-state index contributed by atoms with van der Waals surface area (Å²) in [4.78, 5) is 0. The van der Waals surface area contributed by atoms with Gasteiger partial charge in [0.25, 0.3) is 0 Å². The molecule has 0 heterocycles. The number of hydrogen-bond donors (Lipinski definition) is 1. The fourth-order valence-electron chi connectivity index (χ4n) is 1.79. The Morgan fingerprint density at radius 2 is 2.00 bits per heavy atom. The van der Waals surface area contributed by atoms with Crippen molar-refractivity contribution in [2.24, 2.45) is 0 Å². The lowest BCUT2D eigenvalue weighted by molar-refractivity contribution is 0.417. The van der Waals surface area contributed by atoms with Crippen LogP contribution in [0.5, 0.6) is 5.75 Å². The second-order valence-corrected chi connectivity index (χ2v) is 5.55. The second-order valence-electron chi connectivity index (χ2n) is 4.23. The molecule has 5 heteroatoms. The largest absolute Gasteiger partial charge is 0.495 e. The molecule has 0 fully saturated rings. The fraction of sp³-hybridized carbons (Fsp3) is 0.133. The fourth-order valence-corrected chi connectivity index (χ4v) is 2.31. The number of nitrogens with zero attached hydrogens (tertiary/aromatic N) is 1. The molecule has 0 radical (unpaired) electrons. The Bertz CT molecular complexity index is 695. The van der Waals surface area contributed by atoms with Gasteiger partial charge in [-0.1, -0.05) is 27.5 Å². The highest BCUT2D eigenvalue weighted by molar-refractivity contribution is 9.10. The number of nitrogens with one attached hydrogen (secondary N) is 1. The van der Waals surface area contributed by atoms with E-state index in [1.165, 1.54) is 0 Å². The Morgan fingerprint density at radius 1 is 1.25 bits per heavy atom. The molecule has 2 rings (SSSR count). The molecule has 2 aromatic rings. The van der Waals surface area contributed by atoms with Crippen LogP contribution in [0, 0.1) is 18.3 Å². The molecule has 0 atom stereocenters. The number of methoxy groups -OCH3 is 1. The average Bonchev–Trinajstić information content (AvgIpc) is 2.43. The van der Waals surface area contributed by atoms with Gasteiger partial charge in [-0.15, -0.1) is 0 Å². The number of aryl methyl sites for hydroxylation is 1. The Kier molecular flexibility index (Phi) is 4.53. The molecule has 2 aromatic carbocycles. The van der Waals surface area contributed by atoms with Crippen molar-refractivity contribution in [3.05, 3.63) is 51.0 Å². The minimum Gasteiger partial charge on any atom is -0.495 e. The van der Waals surface area contributed by atoms with Crippen molar-refractivity contribution in [1.29, 1.82) is 5.26 Å². The molecule has 0 saturated carbocycles. The molecule has 0 aliphatic heterocycles. The Hall–Kier alpha value is -1.70. The van der Waals surface area contributed by atoms with Gasteiger partial charge in [0, 0.05) is 15.6 Å². The number of nitriles is 1. The third-order valence-corrected chi connectivity index (χ3v) is 3.75. The lowest BCUT2D eigenvalue weighted by atomic mass is 10.1. The number of hydrogen-bond acceptors (Lipinski definition) is 3. The first-order valence-electron chi connectivity index (χ1n) is 5.86. The first-order valence-corrected chi connectivity index (χ1v) is 7.03. The van der Waals surface area contributed by atoms with Gasteiger partial charge in [0.1, 0.15) is 11.8 Å². The molecule has 0 bridgehead atoms. The number of halogens is 2. The number of ether oxygens (including phenoxy) is 1. The maximum Gasteiger partial charge on any atom is 0.143 e. The van der Waals surface area contributed by atoms with E-state index in [4.69, 9.17) is 21.6 Å². The quantitative estimate of drug-likeness (QED) is 0.843. The van der Waals surface area contributed by atoms with E-state index in [-0.39, 0.29) is 0 Å². The summed E-state index contributed by atoms with van der Waals surface area (Å²) in [5.74, 6) is 0.629. The number of benzene rings is 2. The summed E-state index contributed by atoms with van der Waals surface area (Å²) in [5.41, 5.74) is 2.97. The first-order chi connectivity index (χ1) is 9.55. The lowest BCUT2D eigenvalue weighted by Gasteiger charge is -2.14. The van der Waals surface area contributed by atoms with Crippen LogP contribution < -0.4 is 10.1 Å². The highest BCUT2D eigenvalue weighted by Crippen LogP contribution is 2.34. The zero-order valence-electron chi connectivity index (χ0n) is 11.0. The van der Waals surface area contributed by atoms with E-state index >= 15 is 0 Å². The highest BCUT2D eigenvalue weighted by atomic mass is 79.9. The summed E-state index contributed by atoms with van der Waals surface area (Å²) >= 11 is 9.48. The van der Waals surface area contributed by atoms with Crippen LogP contribution in [0.2, 0.25) is 5.02 Å². The molecule has 102 valence electrons. The van der Waals surface area contributed by atoms with Crippen molar-refractivity contribution < 1.29 is 4.74 Å². The van der Waals surface area contributed by atoms with Crippen LogP contribution in [0.15, 0.2) is 34.8 Å². The Balaban J connectivity index is 2.47. The third-order valence-electron chi connectivity index (χ3n) is 2.85. The number of anilines is 2. The van der Waals surface area contributed by atoms with Gasteiger partial charge in [-0.25, -0.2) is 0 Å². The van der Waals surface area contributed by atoms with Gasteiger partial charge >= 0.3 is 0 Å². The Labute approximate surface area is 131 Å². The van der Waals surface area contributed by atoms with Crippen LogP contribution in [-0.2, 0) is 0 Å². The van der Waals surface area contributed by atoms with E-state index in [0.29, 0.717) is 22.0 Å². The van der Waals surface area contributed by atoms with E-state index in [1.54, 1.807) is 19.2 Å². The van der Waals surface area contributed by atoms with E-state index < -0.39 is 0 Å². The van der Waals surface area contributed by atoms with Crippen molar-refractivity contribution in [2.45, 2.75) is 6.92 Å². The summed E-state index contributed by atoms with van der Waals surface area (Å²) in [7, 11) is 1.58. The summed E-state index contributed by atoms with van der Waals surface area (Å²) in [6.07, 6.45) is 0. The topological polar surface area (TPSA) is 45.0 Å². The van der Waals surface area contributed by atoms with E-state index in [1.807, 2.05) is 25.1 Å². The molecule has 0 amide bonds. The van der Waals surface area contributed by atoms with E-state index in [9.17, 15) is 0 Å². The maximum atomic E-state index is 9.15. The summed E-state index contributed by atoms with van der Waals surface area (Å²) < 4.78 is 6.21. The van der Waals surface area contributed by atoms with E-state index in [2.05, 4.69) is 27.3 Å². The second kappa shape index (κ2) is 6.17. The lowest BCUT2D eigenvalue weighted by Crippen LogP contribution is -1.98. The van der Waals surface area contributed by atoms with Gasteiger partial charge in [0.15, 0.2) is 0 Å². The SMILES string of the molecule is COc1cc(Cl)c(C)cc1Nc1cc(Br)ccc1C#N. The maximum absolute atomic E-state index is 9.15. The molecule has 0 saturated heterocycles. The molecule has 0 aromatic heterocycles. The molecule has 0 spiro atoms. The van der Waals surface area contributed by atoms with Crippen LogP contribution in [0.3, 0.4) is 0 Å². The van der Waals surface area contributed by atoms with Crippen LogP contribution in [0.25, 0.3) is 0 Å². The standard InChI is InChI=1S/C15H12BrClN2O/c1-9-5-14(15(20-2)7-12(9)17)19-13-6-11(16)4-3-10(13)8-18/h3-7,19H,1-2H3. The van der Waals surface area contributed by atoms with Gasteiger partial charge in [-0.3, -0.25) is 0 Å². The zero-order valence-corrected chi connectivity index (χ0v) is 13.3. The van der Waals surface area contributed by atoms with Crippen LogP contribution in [0.4, 0.5) is 11.4 Å². The van der Waals surface area contributed by atoms with Gasteiger partial charge < -0.3 is 10.1 Å². The highest BCUT2D eigenvalue weighted by Gasteiger charge is 2.10. The van der Waals surface area contributed by atoms with Gasteiger partial charge in [-0.2, -0.15) is 5.26 Å². The molecule has 20 heavy (non-hydrogen) atoms. The van der Waals surface area contributed by atoms with Gasteiger partial charge in [0.2, 0.25) is 0 Å². The Morgan fingerprint density at radius 3 is 2.65 bits per heavy atom. The normalized spacial score (nSPS) is 9.95. The zero-order chi connectivity index (χ0) is 14.7. The number of rotatable bonds is 3. The van der Waals surface area contributed by atoms with Crippen molar-refractivity contribution in [3.63, 3.8) is 0 Å². The van der Waals surface area contributed by atoms with Crippen molar-refractivity contribution in [3.8, 4) is 11.8 Å². The van der Waals surface area contributed by atoms with Crippen LogP contribution in [0.1, 0.15) is 11.1 Å². The first kappa shape index (κ1) is 14.7. The molecular formula is C15H12BrClN2O. The van der Waals surface area contributed by atoms with Crippen molar-refractivity contribution >= 4 is 38.9 Å². The average molecular weight is 352 g/mol. The van der Waals surface area contributed by atoms with Gasteiger partial charge in [-0.05, 0) is 36.8 Å². The summed E-state index contributed by atoms with van der Waals surface area (Å²) in [5, 5.41) is 13.0. The van der Waals surface area contributed by atoms with E-state index in [0.717, 1.165) is 15.7 Å². The molecule has 3 nitrogen and oxygen atoms in total. The molecule has 0 aliphatic rings. The summed E-state index contributed by atoms with van der Waals surface area (Å²) in [6.45, 7) is 1.92. The smallest absolute Gasteiger partial charge is 0.143 e. The molecule has 1 N–H and O–H groups in total. The molecule has 0 aliphatic carbocycles. The minimum atomic E-state index is 0.558. The predicted molar refractivity (Wildman–Crippen MR) is 84.9 cm³/mol. The predicted octanol–water partition coefficient (Wildman–Crippen LogP) is 5.03. The third kappa shape index (κ3) is 3.06. The summed E-state index contributed by atoms with van der Waals surface area (Å²) in [6, 6.07) is 11.2. The van der Waals surface area contributed by atoms with Crippen LogP contribution >= 0.6 is 27.5 Å².